The van der Waals surface area contributed by atoms with E-state index in [0.717, 1.165) is 36.7 Å². The number of anilines is 1. The molecule has 2 fully saturated rings. The summed E-state index contributed by atoms with van der Waals surface area (Å²) in [4.78, 5) is 17.4. The lowest BCUT2D eigenvalue weighted by atomic mass is 9.91. The van der Waals surface area contributed by atoms with Crippen molar-refractivity contribution < 1.29 is 4.79 Å². The largest absolute Gasteiger partial charge is 0.343 e. The molecule has 1 amide bonds. The molecule has 0 radical (unpaired) electrons. The minimum Gasteiger partial charge on any atom is -0.343 e. The van der Waals surface area contributed by atoms with Gasteiger partial charge in [0.1, 0.15) is 0 Å². The smallest absolute Gasteiger partial charge is 0.219 e. The highest BCUT2D eigenvalue weighted by Crippen LogP contribution is 2.29. The third-order valence-electron chi connectivity index (χ3n) is 5.83. The number of rotatable bonds is 4. The van der Waals surface area contributed by atoms with E-state index < -0.39 is 0 Å². The summed E-state index contributed by atoms with van der Waals surface area (Å²) in [5, 5.41) is 4.36. The Hall–Kier alpha value is -1.27. The SMILES string of the molecule is CSc1cccc(NC(=S)N(C2CCCCC2)C2CCN(C(C)=O)CC2)c1. The van der Waals surface area contributed by atoms with Crippen LogP contribution in [0.5, 0.6) is 0 Å². The van der Waals surface area contributed by atoms with Gasteiger partial charge in [0.25, 0.3) is 0 Å². The molecule has 2 aliphatic rings. The minimum atomic E-state index is 0.187. The van der Waals surface area contributed by atoms with Gasteiger partial charge in [0.2, 0.25) is 5.91 Å². The maximum Gasteiger partial charge on any atom is 0.219 e. The fourth-order valence-electron chi connectivity index (χ4n) is 4.34. The van der Waals surface area contributed by atoms with E-state index in [-0.39, 0.29) is 5.91 Å². The molecule has 1 saturated carbocycles. The number of likely N-dealkylation sites (tertiary alicyclic amines) is 1. The zero-order chi connectivity index (χ0) is 19.2. The van der Waals surface area contributed by atoms with E-state index in [1.807, 2.05) is 4.90 Å². The molecule has 0 unspecified atom stereocenters. The van der Waals surface area contributed by atoms with Crippen molar-refractivity contribution in [1.82, 2.24) is 9.80 Å². The standard InChI is InChI=1S/C21H31N3OS2/c1-16(25)23-13-11-19(12-14-23)24(18-8-4-3-5-9-18)21(26)22-17-7-6-10-20(15-17)27-2/h6-7,10,15,18-19H,3-5,8-9,11-14H2,1-2H3,(H,22,26). The van der Waals surface area contributed by atoms with Gasteiger partial charge in [0.15, 0.2) is 5.11 Å². The Balaban J connectivity index is 1.73. The third-order valence-corrected chi connectivity index (χ3v) is 6.87. The number of hydrogen-bond donors (Lipinski definition) is 1. The summed E-state index contributed by atoms with van der Waals surface area (Å²) in [6, 6.07) is 9.39. The summed E-state index contributed by atoms with van der Waals surface area (Å²) in [5.41, 5.74) is 1.06. The number of amides is 1. The molecule has 27 heavy (non-hydrogen) atoms. The Kier molecular flexibility index (Phi) is 7.41. The maximum absolute atomic E-state index is 11.7. The minimum absolute atomic E-state index is 0.187. The van der Waals surface area contributed by atoms with E-state index in [9.17, 15) is 4.79 Å². The Morgan fingerprint density at radius 3 is 2.44 bits per heavy atom. The van der Waals surface area contributed by atoms with Crippen molar-refractivity contribution in [3.63, 3.8) is 0 Å². The molecule has 148 valence electrons. The molecule has 1 saturated heterocycles. The second-order valence-electron chi connectivity index (χ2n) is 7.60. The Morgan fingerprint density at radius 2 is 1.81 bits per heavy atom. The van der Waals surface area contributed by atoms with Gasteiger partial charge in [0, 0.05) is 42.7 Å². The number of thiocarbonyl (C=S) groups is 1. The molecule has 1 heterocycles. The molecule has 1 aliphatic heterocycles. The van der Waals surface area contributed by atoms with Crippen LogP contribution in [-0.4, -0.2) is 52.2 Å². The number of carbonyl (C=O) groups excluding carboxylic acids is 1. The van der Waals surface area contributed by atoms with Crippen LogP contribution >= 0.6 is 24.0 Å². The van der Waals surface area contributed by atoms with E-state index in [0.29, 0.717) is 12.1 Å². The summed E-state index contributed by atoms with van der Waals surface area (Å²) < 4.78 is 0. The number of nitrogens with one attached hydrogen (secondary N) is 1. The van der Waals surface area contributed by atoms with E-state index in [4.69, 9.17) is 12.2 Å². The Bertz CT molecular complexity index is 653. The van der Waals surface area contributed by atoms with Crippen LogP contribution in [-0.2, 0) is 4.79 Å². The van der Waals surface area contributed by atoms with Crippen LogP contribution in [0.25, 0.3) is 0 Å². The zero-order valence-electron chi connectivity index (χ0n) is 16.4. The topological polar surface area (TPSA) is 35.6 Å². The average molecular weight is 406 g/mol. The van der Waals surface area contributed by atoms with Crippen molar-refractivity contribution in [2.75, 3.05) is 24.7 Å². The van der Waals surface area contributed by atoms with Crippen molar-refractivity contribution in [2.45, 2.75) is 68.8 Å². The van der Waals surface area contributed by atoms with Gasteiger partial charge < -0.3 is 15.1 Å². The highest BCUT2D eigenvalue weighted by atomic mass is 32.2. The van der Waals surface area contributed by atoms with E-state index >= 15 is 0 Å². The summed E-state index contributed by atoms with van der Waals surface area (Å²) in [7, 11) is 0. The molecular weight excluding hydrogens is 374 g/mol. The number of nitrogens with zero attached hydrogens (tertiary/aromatic N) is 2. The quantitative estimate of drug-likeness (QED) is 0.578. The Labute approximate surface area is 173 Å². The van der Waals surface area contributed by atoms with Gasteiger partial charge in [-0.05, 0) is 62.4 Å². The van der Waals surface area contributed by atoms with Crippen LogP contribution in [0.15, 0.2) is 29.2 Å². The van der Waals surface area contributed by atoms with E-state index in [1.165, 1.54) is 37.0 Å². The normalized spacial score (nSPS) is 19.0. The molecule has 1 aliphatic carbocycles. The lowest BCUT2D eigenvalue weighted by Crippen LogP contribution is -2.54. The van der Waals surface area contributed by atoms with Crippen molar-refractivity contribution in [3.8, 4) is 0 Å². The number of carbonyl (C=O) groups is 1. The molecule has 1 aromatic carbocycles. The summed E-state index contributed by atoms with van der Waals surface area (Å²) in [5.74, 6) is 0.187. The summed E-state index contributed by atoms with van der Waals surface area (Å²) >= 11 is 7.65. The highest BCUT2D eigenvalue weighted by Gasteiger charge is 2.32. The summed E-state index contributed by atoms with van der Waals surface area (Å²) in [6.45, 7) is 3.35. The molecule has 4 nitrogen and oxygen atoms in total. The first kappa shape index (κ1) is 20.5. The molecule has 6 heteroatoms. The number of benzene rings is 1. The summed E-state index contributed by atoms with van der Waals surface area (Å²) in [6.07, 6.45) is 10.5. The van der Waals surface area contributed by atoms with Crippen molar-refractivity contribution >= 4 is 40.7 Å². The number of hydrogen-bond acceptors (Lipinski definition) is 3. The first-order chi connectivity index (χ1) is 13.1. The van der Waals surface area contributed by atoms with Crippen LogP contribution < -0.4 is 5.32 Å². The van der Waals surface area contributed by atoms with Crippen LogP contribution in [0.2, 0.25) is 0 Å². The second kappa shape index (κ2) is 9.78. The Morgan fingerprint density at radius 1 is 1.15 bits per heavy atom. The monoisotopic (exact) mass is 405 g/mol. The molecule has 1 N–H and O–H groups in total. The maximum atomic E-state index is 11.7. The predicted molar refractivity (Wildman–Crippen MR) is 118 cm³/mol. The third kappa shape index (κ3) is 5.38. The lowest BCUT2D eigenvalue weighted by molar-refractivity contribution is -0.130. The molecule has 0 spiro atoms. The molecule has 0 atom stereocenters. The van der Waals surface area contributed by atoms with E-state index in [2.05, 4.69) is 40.7 Å². The molecular formula is C21H31N3OS2. The molecule has 3 rings (SSSR count). The zero-order valence-corrected chi connectivity index (χ0v) is 18.1. The lowest BCUT2D eigenvalue weighted by Gasteiger charge is -2.45. The fourth-order valence-corrected chi connectivity index (χ4v) is 5.21. The van der Waals surface area contributed by atoms with Crippen LogP contribution in [0.3, 0.4) is 0 Å². The van der Waals surface area contributed by atoms with Gasteiger partial charge in [-0.3, -0.25) is 4.79 Å². The van der Waals surface area contributed by atoms with Crippen molar-refractivity contribution in [1.29, 1.82) is 0 Å². The van der Waals surface area contributed by atoms with Crippen molar-refractivity contribution in [3.05, 3.63) is 24.3 Å². The predicted octanol–water partition coefficient (Wildman–Crippen LogP) is 4.75. The number of piperidine rings is 1. The van der Waals surface area contributed by atoms with Crippen LogP contribution in [0.1, 0.15) is 51.9 Å². The first-order valence-corrected chi connectivity index (χ1v) is 11.7. The van der Waals surface area contributed by atoms with E-state index in [1.54, 1.807) is 18.7 Å². The number of thioether (sulfide) groups is 1. The van der Waals surface area contributed by atoms with Gasteiger partial charge in [0.05, 0.1) is 0 Å². The fraction of sp³-hybridized carbons (Fsp3) is 0.619. The second-order valence-corrected chi connectivity index (χ2v) is 8.86. The highest BCUT2D eigenvalue weighted by molar-refractivity contribution is 7.98. The van der Waals surface area contributed by atoms with Crippen molar-refractivity contribution in [2.24, 2.45) is 0 Å². The molecule has 0 bridgehead atoms. The molecule has 1 aromatic rings. The van der Waals surface area contributed by atoms with Gasteiger partial charge in [-0.25, -0.2) is 0 Å². The molecule has 0 aromatic heterocycles. The van der Waals surface area contributed by atoms with Crippen LogP contribution in [0.4, 0.5) is 5.69 Å². The first-order valence-electron chi connectivity index (χ1n) is 10.1. The van der Waals surface area contributed by atoms with Gasteiger partial charge in [-0.2, -0.15) is 0 Å². The average Bonchev–Trinajstić information content (AvgIpc) is 2.69. The van der Waals surface area contributed by atoms with Gasteiger partial charge >= 0.3 is 0 Å². The van der Waals surface area contributed by atoms with Gasteiger partial charge in [-0.15, -0.1) is 11.8 Å². The van der Waals surface area contributed by atoms with Gasteiger partial charge in [-0.1, -0.05) is 25.3 Å². The van der Waals surface area contributed by atoms with Crippen LogP contribution in [0, 0.1) is 0 Å².